The molecule has 4 rings (SSSR count). The molecule has 0 radical (unpaired) electrons. The summed E-state index contributed by atoms with van der Waals surface area (Å²) in [5, 5.41) is 11.7. The van der Waals surface area contributed by atoms with E-state index in [-0.39, 0.29) is 33.7 Å². The number of carboxylic acids is 1. The first kappa shape index (κ1) is 29.5. The Morgan fingerprint density at radius 3 is 2.00 bits per heavy atom. The molecule has 4 aromatic rings. The van der Waals surface area contributed by atoms with E-state index in [1.807, 2.05) is 0 Å². The number of hydrogen-bond donors (Lipinski definition) is 3. The maximum atomic E-state index is 13.0. The highest BCUT2D eigenvalue weighted by Crippen LogP contribution is 2.17. The number of aromatic carboxylic acids is 1. The monoisotopic (exact) mass is 550 g/mol. The number of benzene rings is 2. The second kappa shape index (κ2) is 14.1. The molecule has 0 aliphatic heterocycles. The zero-order chi connectivity index (χ0) is 28.2. The van der Waals surface area contributed by atoms with Crippen molar-refractivity contribution in [2.75, 3.05) is 18.2 Å². The van der Waals surface area contributed by atoms with Gasteiger partial charge in [-0.25, -0.2) is 37.1 Å². The molecule has 0 unspecified atom stereocenters. The SMILES string of the molecule is COC(=O)c1cccc(Cl)n1.Nc1ccc(F)c(F)c1.O=C(O)c1cccc(Nc2ccc(F)c(F)c2)n1. The van der Waals surface area contributed by atoms with Crippen LogP contribution < -0.4 is 11.1 Å². The molecule has 2 heterocycles. The van der Waals surface area contributed by atoms with Crippen LogP contribution in [0.2, 0.25) is 5.15 Å². The number of methoxy groups -OCH3 is 1. The van der Waals surface area contributed by atoms with Crippen LogP contribution >= 0.6 is 11.6 Å². The Labute approximate surface area is 218 Å². The first-order chi connectivity index (χ1) is 18.0. The Balaban J connectivity index is 0.000000217. The maximum absolute atomic E-state index is 13.0. The smallest absolute Gasteiger partial charge is 0.356 e. The molecule has 0 saturated heterocycles. The first-order valence-corrected chi connectivity index (χ1v) is 10.7. The summed E-state index contributed by atoms with van der Waals surface area (Å²) in [5.74, 6) is -5.13. The van der Waals surface area contributed by atoms with E-state index in [2.05, 4.69) is 20.0 Å². The third kappa shape index (κ3) is 9.39. The number of ether oxygens (including phenoxy) is 1. The molecule has 13 heteroatoms. The number of esters is 1. The summed E-state index contributed by atoms with van der Waals surface area (Å²) < 4.78 is 54.3. The third-order valence-corrected chi connectivity index (χ3v) is 4.42. The normalized spacial score (nSPS) is 9.74. The summed E-state index contributed by atoms with van der Waals surface area (Å²) >= 11 is 5.53. The lowest BCUT2D eigenvalue weighted by atomic mass is 10.3. The number of nitrogens with two attached hydrogens (primary N) is 1. The lowest BCUT2D eigenvalue weighted by molar-refractivity contribution is 0.0593. The van der Waals surface area contributed by atoms with Crippen LogP contribution in [0.1, 0.15) is 21.0 Å². The molecule has 2 aromatic heterocycles. The number of aromatic nitrogens is 2. The van der Waals surface area contributed by atoms with E-state index in [1.165, 1.54) is 43.5 Å². The molecular formula is C25H19ClF4N4O4. The van der Waals surface area contributed by atoms with Gasteiger partial charge in [0, 0.05) is 17.4 Å². The number of pyridine rings is 2. The van der Waals surface area contributed by atoms with Crippen molar-refractivity contribution in [1.82, 2.24) is 9.97 Å². The van der Waals surface area contributed by atoms with E-state index in [1.54, 1.807) is 12.1 Å². The van der Waals surface area contributed by atoms with Gasteiger partial charge >= 0.3 is 11.9 Å². The van der Waals surface area contributed by atoms with E-state index in [9.17, 15) is 27.2 Å². The fourth-order valence-corrected chi connectivity index (χ4v) is 2.65. The van der Waals surface area contributed by atoms with Crippen LogP contribution in [-0.4, -0.2) is 34.1 Å². The summed E-state index contributed by atoms with van der Waals surface area (Å²) in [7, 11) is 1.30. The summed E-state index contributed by atoms with van der Waals surface area (Å²) in [6.45, 7) is 0. The number of rotatable bonds is 4. The van der Waals surface area contributed by atoms with Crippen LogP contribution in [0.15, 0.2) is 72.8 Å². The fourth-order valence-electron chi connectivity index (χ4n) is 2.48. The molecule has 38 heavy (non-hydrogen) atoms. The van der Waals surface area contributed by atoms with Crippen molar-refractivity contribution < 1.29 is 37.0 Å². The Morgan fingerprint density at radius 2 is 1.45 bits per heavy atom. The van der Waals surface area contributed by atoms with Gasteiger partial charge in [0.15, 0.2) is 29.0 Å². The number of halogens is 5. The lowest BCUT2D eigenvalue weighted by Gasteiger charge is -2.06. The van der Waals surface area contributed by atoms with E-state index in [0.29, 0.717) is 0 Å². The Bertz CT molecular complexity index is 1430. The van der Waals surface area contributed by atoms with E-state index < -0.39 is 35.2 Å². The van der Waals surface area contributed by atoms with E-state index >= 15 is 0 Å². The number of nitrogens with one attached hydrogen (secondary N) is 1. The Morgan fingerprint density at radius 1 is 0.842 bits per heavy atom. The van der Waals surface area contributed by atoms with Crippen LogP contribution in [0, 0.1) is 23.3 Å². The van der Waals surface area contributed by atoms with Crippen molar-refractivity contribution in [3.63, 3.8) is 0 Å². The molecule has 4 N–H and O–H groups in total. The number of nitrogens with zero attached hydrogens (tertiary/aromatic N) is 2. The van der Waals surface area contributed by atoms with Crippen molar-refractivity contribution in [3.8, 4) is 0 Å². The summed E-state index contributed by atoms with van der Waals surface area (Å²) in [6.07, 6.45) is 0. The molecule has 0 spiro atoms. The molecule has 0 saturated carbocycles. The van der Waals surface area contributed by atoms with E-state index in [4.69, 9.17) is 22.4 Å². The van der Waals surface area contributed by atoms with Gasteiger partial charge in [-0.05, 0) is 54.6 Å². The number of hydrogen-bond acceptors (Lipinski definition) is 7. The van der Waals surface area contributed by atoms with Crippen molar-refractivity contribution in [1.29, 1.82) is 0 Å². The third-order valence-electron chi connectivity index (χ3n) is 4.21. The number of carbonyl (C=O) groups is 2. The Kier molecular flexibility index (Phi) is 11.0. The molecule has 0 aliphatic rings. The molecule has 8 nitrogen and oxygen atoms in total. The van der Waals surface area contributed by atoms with Gasteiger partial charge in [-0.3, -0.25) is 0 Å². The highest BCUT2D eigenvalue weighted by Gasteiger charge is 2.07. The minimum absolute atomic E-state index is 0.136. The fraction of sp³-hybridized carbons (Fsp3) is 0.0400. The molecule has 198 valence electrons. The first-order valence-electron chi connectivity index (χ1n) is 10.3. The number of carboxylic acid groups (broad SMARTS) is 1. The van der Waals surface area contributed by atoms with Crippen LogP contribution in [0.5, 0.6) is 0 Å². The van der Waals surface area contributed by atoms with E-state index in [0.717, 1.165) is 24.3 Å². The molecule has 0 fully saturated rings. The number of nitrogen functional groups attached to an aromatic ring is 1. The molecule has 0 bridgehead atoms. The second-order valence-electron chi connectivity index (χ2n) is 6.98. The molecule has 0 aliphatic carbocycles. The van der Waals surface area contributed by atoms with Crippen LogP contribution in [0.25, 0.3) is 0 Å². The molecule has 0 atom stereocenters. The highest BCUT2D eigenvalue weighted by atomic mass is 35.5. The van der Waals surface area contributed by atoms with Gasteiger partial charge in [0.05, 0.1) is 7.11 Å². The van der Waals surface area contributed by atoms with Crippen molar-refractivity contribution in [3.05, 3.63) is 113 Å². The van der Waals surface area contributed by atoms with Gasteiger partial charge in [-0.15, -0.1) is 0 Å². The zero-order valence-corrected chi connectivity index (χ0v) is 20.2. The quantitative estimate of drug-likeness (QED) is 0.125. The van der Waals surface area contributed by atoms with Gasteiger partial charge in [0.25, 0.3) is 0 Å². The topological polar surface area (TPSA) is 127 Å². The minimum atomic E-state index is -1.16. The predicted octanol–water partition coefficient (Wildman–Crippen LogP) is 5.87. The average Bonchev–Trinajstić information content (AvgIpc) is 2.89. The predicted molar refractivity (Wildman–Crippen MR) is 132 cm³/mol. The van der Waals surface area contributed by atoms with Gasteiger partial charge in [-0.1, -0.05) is 23.7 Å². The summed E-state index contributed by atoms with van der Waals surface area (Å²) in [4.78, 5) is 29.1. The minimum Gasteiger partial charge on any atom is -0.477 e. The van der Waals surface area contributed by atoms with Gasteiger partial charge in [0.2, 0.25) is 0 Å². The molecule has 2 aromatic carbocycles. The van der Waals surface area contributed by atoms with Gasteiger partial charge < -0.3 is 20.9 Å². The second-order valence-corrected chi connectivity index (χ2v) is 7.37. The number of carbonyl (C=O) groups excluding carboxylic acids is 1. The summed E-state index contributed by atoms with van der Waals surface area (Å²) in [6, 6.07) is 15.6. The van der Waals surface area contributed by atoms with Crippen LogP contribution in [0.3, 0.4) is 0 Å². The van der Waals surface area contributed by atoms with Gasteiger partial charge in [-0.2, -0.15) is 0 Å². The van der Waals surface area contributed by atoms with Crippen LogP contribution in [0.4, 0.5) is 34.8 Å². The Hall–Kier alpha value is -4.71. The van der Waals surface area contributed by atoms with Crippen molar-refractivity contribution in [2.24, 2.45) is 0 Å². The highest BCUT2D eigenvalue weighted by molar-refractivity contribution is 6.29. The summed E-state index contributed by atoms with van der Waals surface area (Å²) in [5.41, 5.74) is 5.72. The average molecular weight is 551 g/mol. The molecule has 0 amide bonds. The van der Waals surface area contributed by atoms with Crippen LogP contribution in [-0.2, 0) is 4.74 Å². The van der Waals surface area contributed by atoms with Crippen molar-refractivity contribution >= 4 is 40.7 Å². The largest absolute Gasteiger partial charge is 0.477 e. The standard InChI is InChI=1S/C12H8F2N2O2.C7H6ClNO2.C6H5F2N/c13-8-5-4-7(6-9(8)14)15-11-3-1-2-10(16-11)12(17)18;1-11-7(10)5-3-2-4-6(8)9-5;7-5-2-1-4(9)3-6(5)8/h1-6H,(H,15,16)(H,17,18);2-4H,1H3;1-3H,9H2. The molecular weight excluding hydrogens is 532 g/mol. The lowest BCUT2D eigenvalue weighted by Crippen LogP contribution is -2.03. The zero-order valence-electron chi connectivity index (χ0n) is 19.5. The maximum Gasteiger partial charge on any atom is 0.356 e. The number of anilines is 3. The van der Waals surface area contributed by atoms with Gasteiger partial charge in [0.1, 0.15) is 16.7 Å². The van der Waals surface area contributed by atoms with Crippen molar-refractivity contribution in [2.45, 2.75) is 0 Å².